The van der Waals surface area contributed by atoms with Crippen LogP contribution in [0.25, 0.3) is 0 Å². The molecule has 0 amide bonds. The molecule has 0 aliphatic rings. The molecule has 0 aromatic heterocycles. The largest absolute Gasteiger partial charge is 0.497 e. The average molecular weight is 269 g/mol. The van der Waals surface area contributed by atoms with E-state index < -0.39 is 6.10 Å². The number of rotatable bonds is 8. The van der Waals surface area contributed by atoms with Crippen molar-refractivity contribution in [2.75, 3.05) is 26.9 Å². The van der Waals surface area contributed by atoms with Crippen LogP contribution in [0.4, 0.5) is 0 Å². The zero-order valence-corrected chi connectivity index (χ0v) is 11.8. The van der Waals surface area contributed by atoms with E-state index in [2.05, 4.69) is 0 Å². The lowest BCUT2D eigenvalue weighted by molar-refractivity contribution is 0.0162. The smallest absolute Gasteiger partial charge is 0.127 e. The Kier molecular flexibility index (Phi) is 6.62. The third kappa shape index (κ3) is 5.06. The Morgan fingerprint density at radius 3 is 2.63 bits per heavy atom. The van der Waals surface area contributed by atoms with Crippen molar-refractivity contribution in [3.8, 4) is 11.5 Å². The van der Waals surface area contributed by atoms with Crippen molar-refractivity contribution in [1.82, 2.24) is 0 Å². The van der Waals surface area contributed by atoms with Crippen molar-refractivity contribution >= 4 is 0 Å². The summed E-state index contributed by atoms with van der Waals surface area (Å²) in [4.78, 5) is 0. The minimum absolute atomic E-state index is 0.148. The molecule has 0 bridgehead atoms. The van der Waals surface area contributed by atoms with Crippen LogP contribution in [-0.2, 0) is 4.74 Å². The molecule has 2 atom stereocenters. The molecule has 1 aromatic carbocycles. The molecule has 0 spiro atoms. The van der Waals surface area contributed by atoms with Crippen molar-refractivity contribution in [2.45, 2.75) is 26.0 Å². The van der Waals surface area contributed by atoms with E-state index in [0.717, 1.165) is 5.56 Å². The molecule has 0 fully saturated rings. The maximum Gasteiger partial charge on any atom is 0.127 e. The minimum Gasteiger partial charge on any atom is -0.497 e. The van der Waals surface area contributed by atoms with E-state index >= 15 is 0 Å². The van der Waals surface area contributed by atoms with Gasteiger partial charge in [-0.05, 0) is 19.9 Å². The van der Waals surface area contributed by atoms with Gasteiger partial charge in [0.1, 0.15) is 24.2 Å². The van der Waals surface area contributed by atoms with Gasteiger partial charge < -0.3 is 25.1 Å². The number of aliphatic hydroxyl groups is 1. The summed E-state index contributed by atoms with van der Waals surface area (Å²) in [5, 5.41) is 9.69. The average Bonchev–Trinajstić information content (AvgIpc) is 2.42. The van der Waals surface area contributed by atoms with Crippen molar-refractivity contribution in [2.24, 2.45) is 5.73 Å². The second-order valence-electron chi connectivity index (χ2n) is 4.32. The number of aliphatic hydroxyl groups excluding tert-OH is 1. The topological polar surface area (TPSA) is 73.9 Å². The fourth-order valence-corrected chi connectivity index (χ4v) is 1.63. The summed E-state index contributed by atoms with van der Waals surface area (Å²) >= 11 is 0. The Morgan fingerprint density at radius 1 is 1.32 bits per heavy atom. The van der Waals surface area contributed by atoms with Gasteiger partial charge >= 0.3 is 0 Å². The monoisotopic (exact) mass is 269 g/mol. The van der Waals surface area contributed by atoms with Crippen molar-refractivity contribution in [3.05, 3.63) is 23.8 Å². The van der Waals surface area contributed by atoms with Gasteiger partial charge in [-0.1, -0.05) is 6.07 Å². The van der Waals surface area contributed by atoms with E-state index in [9.17, 15) is 5.11 Å². The first-order valence-electron chi connectivity index (χ1n) is 6.40. The number of hydrogen-bond donors (Lipinski definition) is 2. The predicted octanol–water partition coefficient (Wildman–Crippen LogP) is 1.49. The second kappa shape index (κ2) is 7.99. The van der Waals surface area contributed by atoms with Crippen LogP contribution in [-0.4, -0.2) is 38.1 Å². The number of hydrogen-bond acceptors (Lipinski definition) is 5. The lowest BCUT2D eigenvalue weighted by Crippen LogP contribution is -2.24. The first-order valence-corrected chi connectivity index (χ1v) is 6.40. The van der Waals surface area contributed by atoms with Crippen LogP contribution in [0, 0.1) is 0 Å². The minimum atomic E-state index is -0.660. The molecule has 0 radical (unpaired) electrons. The summed E-state index contributed by atoms with van der Waals surface area (Å²) in [5.74, 6) is 1.32. The molecular formula is C14H23NO4. The summed E-state index contributed by atoms with van der Waals surface area (Å²) in [5.41, 5.74) is 6.76. The van der Waals surface area contributed by atoms with Crippen molar-refractivity contribution in [3.63, 3.8) is 0 Å². The predicted molar refractivity (Wildman–Crippen MR) is 73.6 cm³/mol. The molecular weight excluding hydrogens is 246 g/mol. The number of methoxy groups -OCH3 is 1. The van der Waals surface area contributed by atoms with Gasteiger partial charge in [-0.15, -0.1) is 0 Å². The van der Waals surface area contributed by atoms with E-state index in [1.165, 1.54) is 0 Å². The van der Waals surface area contributed by atoms with E-state index in [1.54, 1.807) is 13.2 Å². The summed E-state index contributed by atoms with van der Waals surface area (Å²) in [6.45, 7) is 4.75. The maximum absolute atomic E-state index is 9.69. The van der Waals surface area contributed by atoms with Gasteiger partial charge in [-0.2, -0.15) is 0 Å². The highest BCUT2D eigenvalue weighted by Gasteiger charge is 2.12. The Hall–Kier alpha value is -1.30. The Morgan fingerprint density at radius 2 is 2.05 bits per heavy atom. The van der Waals surface area contributed by atoms with Gasteiger partial charge in [0, 0.05) is 24.3 Å². The fourth-order valence-electron chi connectivity index (χ4n) is 1.63. The molecule has 19 heavy (non-hydrogen) atoms. The molecule has 1 aromatic rings. The molecule has 1 rings (SSSR count). The third-order valence-corrected chi connectivity index (χ3v) is 2.66. The van der Waals surface area contributed by atoms with Gasteiger partial charge in [-0.25, -0.2) is 0 Å². The van der Waals surface area contributed by atoms with Crippen LogP contribution in [0.1, 0.15) is 25.5 Å². The maximum atomic E-state index is 9.69. The zero-order chi connectivity index (χ0) is 14.3. The van der Waals surface area contributed by atoms with Crippen LogP contribution in [0.2, 0.25) is 0 Å². The molecule has 0 saturated carbocycles. The van der Waals surface area contributed by atoms with Gasteiger partial charge in [-0.3, -0.25) is 0 Å². The SMILES string of the molecule is CCOCC(O)COc1cc(OC)ccc1C(C)N. The molecule has 5 heteroatoms. The number of benzene rings is 1. The van der Waals surface area contributed by atoms with Crippen LogP contribution in [0.5, 0.6) is 11.5 Å². The van der Waals surface area contributed by atoms with E-state index in [-0.39, 0.29) is 19.3 Å². The van der Waals surface area contributed by atoms with Gasteiger partial charge in [0.2, 0.25) is 0 Å². The van der Waals surface area contributed by atoms with E-state index in [1.807, 2.05) is 26.0 Å². The molecule has 0 saturated heterocycles. The molecule has 0 heterocycles. The standard InChI is InChI=1S/C14H23NO4/c1-4-18-8-11(16)9-19-14-7-12(17-3)5-6-13(14)10(2)15/h5-7,10-11,16H,4,8-9,15H2,1-3H3. The first kappa shape index (κ1) is 15.8. The molecule has 0 aliphatic carbocycles. The highest BCUT2D eigenvalue weighted by Crippen LogP contribution is 2.28. The Labute approximate surface area is 114 Å². The van der Waals surface area contributed by atoms with Crippen LogP contribution < -0.4 is 15.2 Å². The highest BCUT2D eigenvalue weighted by molar-refractivity contribution is 5.42. The van der Waals surface area contributed by atoms with Gasteiger partial charge in [0.15, 0.2) is 0 Å². The normalized spacial score (nSPS) is 13.9. The first-order chi connectivity index (χ1) is 9.08. The molecule has 3 N–H and O–H groups in total. The van der Waals surface area contributed by atoms with Crippen LogP contribution >= 0.6 is 0 Å². The summed E-state index contributed by atoms with van der Waals surface area (Å²) in [6.07, 6.45) is -0.660. The van der Waals surface area contributed by atoms with Gasteiger partial charge in [0.05, 0.1) is 13.7 Å². The summed E-state index contributed by atoms with van der Waals surface area (Å²) < 4.78 is 15.9. The summed E-state index contributed by atoms with van der Waals surface area (Å²) in [6, 6.07) is 5.33. The molecule has 108 valence electrons. The van der Waals surface area contributed by atoms with Gasteiger partial charge in [0.25, 0.3) is 0 Å². The number of ether oxygens (including phenoxy) is 3. The quantitative estimate of drug-likeness (QED) is 0.748. The lowest BCUT2D eigenvalue weighted by Gasteiger charge is -2.17. The van der Waals surface area contributed by atoms with Crippen LogP contribution in [0.3, 0.4) is 0 Å². The van der Waals surface area contributed by atoms with Crippen molar-refractivity contribution < 1.29 is 19.3 Å². The number of nitrogens with two attached hydrogens (primary N) is 1. The summed E-state index contributed by atoms with van der Waals surface area (Å²) in [7, 11) is 1.59. The van der Waals surface area contributed by atoms with Crippen molar-refractivity contribution in [1.29, 1.82) is 0 Å². The Bertz CT molecular complexity index is 382. The highest BCUT2D eigenvalue weighted by atomic mass is 16.5. The molecule has 5 nitrogen and oxygen atoms in total. The van der Waals surface area contributed by atoms with E-state index in [0.29, 0.717) is 18.1 Å². The second-order valence-corrected chi connectivity index (χ2v) is 4.32. The fraction of sp³-hybridized carbons (Fsp3) is 0.571. The third-order valence-electron chi connectivity index (χ3n) is 2.66. The molecule has 2 unspecified atom stereocenters. The zero-order valence-electron chi connectivity index (χ0n) is 11.8. The Balaban J connectivity index is 2.69. The lowest BCUT2D eigenvalue weighted by atomic mass is 10.1. The van der Waals surface area contributed by atoms with E-state index in [4.69, 9.17) is 19.9 Å². The van der Waals surface area contributed by atoms with Crippen LogP contribution in [0.15, 0.2) is 18.2 Å². The molecule has 0 aliphatic heterocycles.